The van der Waals surface area contributed by atoms with Crippen LogP contribution in [0.1, 0.15) is 12.7 Å². The first-order valence-corrected chi connectivity index (χ1v) is 8.45. The second-order valence-electron chi connectivity index (χ2n) is 4.70. The van der Waals surface area contributed by atoms with Crippen LogP contribution >= 0.6 is 0 Å². The molecule has 2 heterocycles. The van der Waals surface area contributed by atoms with Crippen LogP contribution in [0.4, 0.5) is 0 Å². The van der Waals surface area contributed by atoms with Crippen molar-refractivity contribution in [3.05, 3.63) is 54.9 Å². The third-order valence-corrected chi connectivity index (χ3v) is 4.71. The van der Waals surface area contributed by atoms with Crippen LogP contribution in [0.5, 0.6) is 0 Å². The maximum Gasteiger partial charge on any atom is 0.228 e. The summed E-state index contributed by atoms with van der Waals surface area (Å²) in [7, 11) is -3.57. The van der Waals surface area contributed by atoms with Crippen molar-refractivity contribution in [2.45, 2.75) is 24.4 Å². The molecular formula is C14H15N5O2S. The number of rotatable bonds is 5. The standard InChI is InChI=1S/C14H15N5O2S/c1-2-18-9-8-15-14(18)22(20,21)10-13-16-11-19(17-13)12-6-4-3-5-7-12/h3-9,11H,2,10H2,1H3. The van der Waals surface area contributed by atoms with E-state index in [-0.39, 0.29) is 16.7 Å². The van der Waals surface area contributed by atoms with E-state index in [9.17, 15) is 8.42 Å². The highest BCUT2D eigenvalue weighted by molar-refractivity contribution is 7.90. The van der Waals surface area contributed by atoms with E-state index in [2.05, 4.69) is 15.1 Å². The van der Waals surface area contributed by atoms with E-state index in [1.54, 1.807) is 15.4 Å². The number of aryl methyl sites for hydroxylation is 1. The molecule has 114 valence electrons. The normalized spacial score (nSPS) is 11.7. The fourth-order valence-corrected chi connectivity index (χ4v) is 3.49. The second kappa shape index (κ2) is 5.72. The average molecular weight is 317 g/mol. The van der Waals surface area contributed by atoms with Crippen LogP contribution in [0, 0.1) is 0 Å². The fourth-order valence-electron chi connectivity index (χ4n) is 2.12. The molecule has 0 amide bonds. The van der Waals surface area contributed by atoms with Gasteiger partial charge >= 0.3 is 0 Å². The number of imidazole rings is 1. The Morgan fingerprint density at radius 3 is 2.64 bits per heavy atom. The average Bonchev–Trinajstić information content (AvgIpc) is 3.16. The van der Waals surface area contributed by atoms with Gasteiger partial charge in [-0.1, -0.05) is 18.2 Å². The molecule has 22 heavy (non-hydrogen) atoms. The van der Waals surface area contributed by atoms with Crippen molar-refractivity contribution in [1.29, 1.82) is 0 Å². The largest absolute Gasteiger partial charge is 0.322 e. The van der Waals surface area contributed by atoms with Crippen molar-refractivity contribution >= 4 is 9.84 Å². The Labute approximate surface area is 128 Å². The lowest BCUT2D eigenvalue weighted by Gasteiger charge is -2.04. The van der Waals surface area contributed by atoms with Crippen molar-refractivity contribution in [3.63, 3.8) is 0 Å². The summed E-state index contributed by atoms with van der Waals surface area (Å²) >= 11 is 0. The number of benzene rings is 1. The smallest absolute Gasteiger partial charge is 0.228 e. The maximum absolute atomic E-state index is 12.4. The molecular weight excluding hydrogens is 302 g/mol. The Hall–Kier alpha value is -2.48. The maximum atomic E-state index is 12.4. The van der Waals surface area contributed by atoms with Crippen LogP contribution < -0.4 is 0 Å². The van der Waals surface area contributed by atoms with Crippen LogP contribution in [0.2, 0.25) is 0 Å². The van der Waals surface area contributed by atoms with Crippen LogP contribution in [0.3, 0.4) is 0 Å². The molecule has 0 radical (unpaired) electrons. The van der Waals surface area contributed by atoms with Crippen molar-refractivity contribution in [2.24, 2.45) is 0 Å². The lowest BCUT2D eigenvalue weighted by molar-refractivity contribution is 0.566. The summed E-state index contributed by atoms with van der Waals surface area (Å²) in [5.41, 5.74) is 0.828. The summed E-state index contributed by atoms with van der Waals surface area (Å²) in [6.07, 6.45) is 4.63. The van der Waals surface area contributed by atoms with Gasteiger partial charge in [-0.2, -0.15) is 5.10 Å². The van der Waals surface area contributed by atoms with Crippen LogP contribution in [0.15, 0.2) is 54.2 Å². The van der Waals surface area contributed by atoms with Gasteiger partial charge in [0.25, 0.3) is 0 Å². The zero-order chi connectivity index (χ0) is 15.6. The van der Waals surface area contributed by atoms with Crippen LogP contribution in [-0.2, 0) is 22.1 Å². The quantitative estimate of drug-likeness (QED) is 0.711. The molecule has 0 fully saturated rings. The van der Waals surface area contributed by atoms with Gasteiger partial charge in [0.2, 0.25) is 15.0 Å². The number of sulfone groups is 1. The van der Waals surface area contributed by atoms with Gasteiger partial charge in [0, 0.05) is 18.9 Å². The van der Waals surface area contributed by atoms with E-state index in [1.165, 1.54) is 12.5 Å². The number of aromatic nitrogens is 5. The zero-order valence-corrected chi connectivity index (χ0v) is 12.8. The third-order valence-electron chi connectivity index (χ3n) is 3.18. The Kier molecular flexibility index (Phi) is 3.76. The predicted molar refractivity (Wildman–Crippen MR) is 80.1 cm³/mol. The summed E-state index contributed by atoms with van der Waals surface area (Å²) in [6, 6.07) is 9.40. The Morgan fingerprint density at radius 2 is 1.91 bits per heavy atom. The minimum Gasteiger partial charge on any atom is -0.322 e. The third kappa shape index (κ3) is 2.77. The minimum absolute atomic E-state index is 0.0473. The van der Waals surface area contributed by atoms with Crippen LogP contribution in [0.25, 0.3) is 5.69 Å². The number of hydrogen-bond acceptors (Lipinski definition) is 5. The van der Waals surface area contributed by atoms with Crippen LogP contribution in [-0.4, -0.2) is 32.7 Å². The first-order valence-electron chi connectivity index (χ1n) is 6.80. The molecule has 3 aromatic rings. The molecule has 0 saturated carbocycles. The fraction of sp³-hybridized carbons (Fsp3) is 0.214. The lowest BCUT2D eigenvalue weighted by atomic mass is 10.3. The number of para-hydroxylation sites is 1. The number of hydrogen-bond donors (Lipinski definition) is 0. The summed E-state index contributed by atoms with van der Waals surface area (Å²) in [6.45, 7) is 2.41. The van der Waals surface area contributed by atoms with Gasteiger partial charge in [-0.3, -0.25) is 0 Å². The Balaban J connectivity index is 1.86. The second-order valence-corrected chi connectivity index (χ2v) is 6.58. The molecule has 7 nitrogen and oxygen atoms in total. The highest BCUT2D eigenvalue weighted by Gasteiger charge is 2.23. The van der Waals surface area contributed by atoms with Gasteiger partial charge in [-0.25, -0.2) is 23.1 Å². The summed E-state index contributed by atoms with van der Waals surface area (Å²) in [5, 5.41) is 4.27. The van der Waals surface area contributed by atoms with E-state index >= 15 is 0 Å². The highest BCUT2D eigenvalue weighted by atomic mass is 32.2. The first-order chi connectivity index (χ1) is 10.6. The molecule has 0 unspecified atom stereocenters. The van der Waals surface area contributed by atoms with Crippen molar-refractivity contribution in [3.8, 4) is 5.69 Å². The van der Waals surface area contributed by atoms with E-state index < -0.39 is 9.84 Å². The molecule has 3 rings (SSSR count). The zero-order valence-electron chi connectivity index (χ0n) is 12.0. The molecule has 0 spiro atoms. The van der Waals surface area contributed by atoms with Gasteiger partial charge in [0.05, 0.1) is 5.69 Å². The van der Waals surface area contributed by atoms with E-state index in [1.807, 2.05) is 37.3 Å². The van der Waals surface area contributed by atoms with Gasteiger partial charge in [0.15, 0.2) is 5.82 Å². The summed E-state index contributed by atoms with van der Waals surface area (Å²) < 4.78 is 28.0. The van der Waals surface area contributed by atoms with Gasteiger partial charge in [-0.05, 0) is 19.1 Å². The molecule has 8 heteroatoms. The van der Waals surface area contributed by atoms with E-state index in [0.717, 1.165) is 5.69 Å². The molecule has 2 aromatic heterocycles. The van der Waals surface area contributed by atoms with Gasteiger partial charge < -0.3 is 4.57 Å². The molecule has 1 aromatic carbocycles. The number of nitrogens with zero attached hydrogens (tertiary/aromatic N) is 5. The van der Waals surface area contributed by atoms with Crippen molar-refractivity contribution < 1.29 is 8.42 Å². The Morgan fingerprint density at radius 1 is 1.14 bits per heavy atom. The van der Waals surface area contributed by atoms with E-state index in [4.69, 9.17) is 0 Å². The monoisotopic (exact) mass is 317 g/mol. The minimum atomic E-state index is -3.57. The molecule has 0 bridgehead atoms. The van der Waals surface area contributed by atoms with Gasteiger partial charge in [-0.15, -0.1) is 0 Å². The molecule has 0 aliphatic rings. The van der Waals surface area contributed by atoms with Crippen molar-refractivity contribution in [2.75, 3.05) is 0 Å². The Bertz CT molecular complexity index is 868. The topological polar surface area (TPSA) is 82.7 Å². The van der Waals surface area contributed by atoms with Gasteiger partial charge in [0.1, 0.15) is 12.1 Å². The molecule has 0 atom stereocenters. The SMILES string of the molecule is CCn1ccnc1S(=O)(=O)Cc1ncn(-c2ccccc2)n1. The highest BCUT2D eigenvalue weighted by Crippen LogP contribution is 2.13. The molecule has 0 saturated heterocycles. The van der Waals surface area contributed by atoms with E-state index in [0.29, 0.717) is 6.54 Å². The summed E-state index contributed by atoms with van der Waals surface area (Å²) in [5.74, 6) is -0.0290. The van der Waals surface area contributed by atoms with Crippen molar-refractivity contribution in [1.82, 2.24) is 24.3 Å². The predicted octanol–water partition coefficient (Wildman–Crippen LogP) is 1.46. The molecule has 0 N–H and O–H groups in total. The first kappa shape index (κ1) is 14.5. The lowest BCUT2D eigenvalue weighted by Crippen LogP contribution is -2.13. The molecule has 0 aliphatic carbocycles. The summed E-state index contributed by atoms with van der Waals surface area (Å²) in [4.78, 5) is 8.01. The molecule has 0 aliphatic heterocycles.